The smallest absolute Gasteiger partial charge is 0.332 e. The van der Waals surface area contributed by atoms with E-state index in [1.165, 1.54) is 6.21 Å². The Morgan fingerprint density at radius 1 is 1.43 bits per heavy atom. The van der Waals surface area contributed by atoms with Gasteiger partial charge in [-0.3, -0.25) is 0 Å². The normalized spacial score (nSPS) is 13.1. The first-order valence-corrected chi connectivity index (χ1v) is 4.21. The highest BCUT2D eigenvalue weighted by Gasteiger charge is 1.81. The zero-order valence-corrected chi connectivity index (χ0v) is 8.40. The lowest BCUT2D eigenvalue weighted by Gasteiger charge is -1.89. The predicted octanol–water partition coefficient (Wildman–Crippen LogP) is 1.72. The standard InChI is InChI=1S/C10H15N3O/c1-3-4-5-6-9(2)7-8-12-13-10(11)14/h3-8H,1-2H3,(H3,11,13,14)/b4-3+,6-5+,9-7+,12-8+. The highest BCUT2D eigenvalue weighted by atomic mass is 16.2. The Balaban J connectivity index is 3.99. The third-order valence-electron chi connectivity index (χ3n) is 1.25. The molecule has 0 bridgehead atoms. The Bertz CT molecular complexity index is 288. The molecule has 0 aliphatic heterocycles. The molecule has 0 rings (SSSR count). The second-order valence-corrected chi connectivity index (χ2v) is 2.55. The molecule has 0 radical (unpaired) electrons. The van der Waals surface area contributed by atoms with Crippen LogP contribution in [0.15, 0.2) is 41.1 Å². The Morgan fingerprint density at radius 2 is 2.14 bits per heavy atom. The lowest BCUT2D eigenvalue weighted by molar-refractivity contribution is 0.249. The molecular formula is C10H15N3O. The zero-order valence-electron chi connectivity index (χ0n) is 8.40. The molecule has 4 nitrogen and oxygen atoms in total. The van der Waals surface area contributed by atoms with Crippen LogP contribution in [0.4, 0.5) is 4.79 Å². The van der Waals surface area contributed by atoms with Gasteiger partial charge in [0.15, 0.2) is 0 Å². The van der Waals surface area contributed by atoms with Crippen LogP contribution in [-0.2, 0) is 0 Å². The number of hydrogen-bond acceptors (Lipinski definition) is 2. The molecule has 3 N–H and O–H groups in total. The van der Waals surface area contributed by atoms with Crippen LogP contribution in [0.5, 0.6) is 0 Å². The van der Waals surface area contributed by atoms with Gasteiger partial charge in [-0.1, -0.05) is 24.3 Å². The molecule has 0 spiro atoms. The molecule has 0 aliphatic carbocycles. The number of nitrogens with one attached hydrogen (secondary N) is 1. The molecule has 0 aromatic rings. The quantitative estimate of drug-likeness (QED) is 0.398. The molecule has 0 saturated heterocycles. The van der Waals surface area contributed by atoms with Crippen molar-refractivity contribution in [2.75, 3.05) is 0 Å². The maximum Gasteiger partial charge on any atom is 0.332 e. The molecule has 0 unspecified atom stereocenters. The Morgan fingerprint density at radius 3 is 2.71 bits per heavy atom. The summed E-state index contributed by atoms with van der Waals surface area (Å²) < 4.78 is 0. The van der Waals surface area contributed by atoms with Gasteiger partial charge in [0.2, 0.25) is 0 Å². The minimum absolute atomic E-state index is 0.670. The van der Waals surface area contributed by atoms with Crippen LogP contribution in [-0.4, -0.2) is 12.2 Å². The van der Waals surface area contributed by atoms with Crippen molar-refractivity contribution in [3.63, 3.8) is 0 Å². The monoisotopic (exact) mass is 193 g/mol. The SMILES string of the molecule is C/C=C/C=C/C(C)=C/C=N/NC(N)=O. The molecule has 76 valence electrons. The number of urea groups is 1. The molecule has 0 saturated carbocycles. The van der Waals surface area contributed by atoms with E-state index in [0.29, 0.717) is 0 Å². The fourth-order valence-electron chi connectivity index (χ4n) is 0.630. The fraction of sp³-hybridized carbons (Fsp3) is 0.200. The van der Waals surface area contributed by atoms with Crippen molar-refractivity contribution in [3.8, 4) is 0 Å². The molecule has 0 atom stereocenters. The first-order valence-electron chi connectivity index (χ1n) is 4.21. The summed E-state index contributed by atoms with van der Waals surface area (Å²) in [5.41, 5.74) is 7.92. The van der Waals surface area contributed by atoms with Crippen molar-refractivity contribution in [2.45, 2.75) is 13.8 Å². The summed E-state index contributed by atoms with van der Waals surface area (Å²) in [6.07, 6.45) is 10.9. The molecule has 4 heteroatoms. The maximum absolute atomic E-state index is 10.2. The second-order valence-electron chi connectivity index (χ2n) is 2.55. The number of nitrogens with two attached hydrogens (primary N) is 1. The Kier molecular flexibility index (Phi) is 6.77. The van der Waals surface area contributed by atoms with Crippen LogP contribution in [0, 0.1) is 0 Å². The number of allylic oxidation sites excluding steroid dienone is 6. The minimum Gasteiger partial charge on any atom is -0.350 e. The topological polar surface area (TPSA) is 67.5 Å². The summed E-state index contributed by atoms with van der Waals surface area (Å²) in [5.74, 6) is 0. The average Bonchev–Trinajstić information content (AvgIpc) is 2.13. The number of nitrogens with zero attached hydrogens (tertiary/aromatic N) is 1. The van der Waals surface area contributed by atoms with Gasteiger partial charge in [-0.2, -0.15) is 5.10 Å². The van der Waals surface area contributed by atoms with Crippen LogP contribution in [0.25, 0.3) is 0 Å². The van der Waals surface area contributed by atoms with E-state index in [0.717, 1.165) is 5.57 Å². The van der Waals surface area contributed by atoms with Crippen molar-refractivity contribution >= 4 is 12.2 Å². The molecule has 0 aliphatic rings. The summed E-state index contributed by atoms with van der Waals surface area (Å²) in [5, 5.41) is 3.56. The summed E-state index contributed by atoms with van der Waals surface area (Å²) in [7, 11) is 0. The van der Waals surface area contributed by atoms with Crippen molar-refractivity contribution in [1.82, 2.24) is 5.43 Å². The molecule has 14 heavy (non-hydrogen) atoms. The largest absolute Gasteiger partial charge is 0.350 e. The van der Waals surface area contributed by atoms with Crippen LogP contribution in [0.3, 0.4) is 0 Å². The number of primary amides is 1. The molecule has 0 aromatic carbocycles. The summed E-state index contributed by atoms with van der Waals surface area (Å²) in [4.78, 5) is 10.2. The predicted molar refractivity (Wildman–Crippen MR) is 58.9 cm³/mol. The number of rotatable bonds is 4. The van der Waals surface area contributed by atoms with Crippen molar-refractivity contribution < 1.29 is 4.79 Å². The highest BCUT2D eigenvalue weighted by Crippen LogP contribution is 1.92. The molecule has 0 fully saturated rings. The Hall–Kier alpha value is -1.84. The lowest BCUT2D eigenvalue weighted by atomic mass is 10.2. The van der Waals surface area contributed by atoms with E-state index in [4.69, 9.17) is 5.73 Å². The van der Waals surface area contributed by atoms with Crippen molar-refractivity contribution in [1.29, 1.82) is 0 Å². The van der Waals surface area contributed by atoms with Gasteiger partial charge in [-0.15, -0.1) is 0 Å². The molecule has 0 aromatic heterocycles. The van der Waals surface area contributed by atoms with E-state index >= 15 is 0 Å². The van der Waals surface area contributed by atoms with E-state index < -0.39 is 6.03 Å². The first kappa shape index (κ1) is 12.2. The first-order chi connectivity index (χ1) is 6.66. The number of hydrogen-bond donors (Lipinski definition) is 2. The number of hydrazone groups is 1. The number of carbonyl (C=O) groups excluding carboxylic acids is 1. The van der Waals surface area contributed by atoms with E-state index in [1.807, 2.05) is 38.2 Å². The zero-order chi connectivity index (χ0) is 10.8. The van der Waals surface area contributed by atoms with E-state index in [9.17, 15) is 4.79 Å². The van der Waals surface area contributed by atoms with Gasteiger partial charge in [-0.25, -0.2) is 10.2 Å². The van der Waals surface area contributed by atoms with Crippen LogP contribution in [0.2, 0.25) is 0 Å². The summed E-state index contributed by atoms with van der Waals surface area (Å²) >= 11 is 0. The van der Waals surface area contributed by atoms with Gasteiger partial charge in [0.1, 0.15) is 0 Å². The second kappa shape index (κ2) is 7.79. The van der Waals surface area contributed by atoms with E-state index in [2.05, 4.69) is 10.5 Å². The van der Waals surface area contributed by atoms with Gasteiger partial charge in [-0.05, 0) is 25.5 Å². The van der Waals surface area contributed by atoms with Crippen molar-refractivity contribution in [3.05, 3.63) is 36.0 Å². The maximum atomic E-state index is 10.2. The summed E-state index contributed by atoms with van der Waals surface area (Å²) in [6.45, 7) is 3.87. The Labute approximate surface area is 83.9 Å². The van der Waals surface area contributed by atoms with Gasteiger partial charge in [0.25, 0.3) is 0 Å². The van der Waals surface area contributed by atoms with Gasteiger partial charge in [0, 0.05) is 6.21 Å². The van der Waals surface area contributed by atoms with Gasteiger partial charge in [0.05, 0.1) is 0 Å². The van der Waals surface area contributed by atoms with Crippen LogP contribution in [0.1, 0.15) is 13.8 Å². The minimum atomic E-state index is -0.670. The van der Waals surface area contributed by atoms with Gasteiger partial charge < -0.3 is 5.73 Å². The summed E-state index contributed by atoms with van der Waals surface area (Å²) in [6, 6.07) is -0.670. The fourth-order valence-corrected chi connectivity index (χ4v) is 0.630. The van der Waals surface area contributed by atoms with Gasteiger partial charge >= 0.3 is 6.03 Å². The van der Waals surface area contributed by atoms with E-state index in [-0.39, 0.29) is 0 Å². The lowest BCUT2D eigenvalue weighted by Crippen LogP contribution is -2.24. The highest BCUT2D eigenvalue weighted by molar-refractivity contribution is 5.76. The van der Waals surface area contributed by atoms with Crippen LogP contribution < -0.4 is 11.2 Å². The third-order valence-corrected chi connectivity index (χ3v) is 1.25. The third kappa shape index (κ3) is 8.26. The number of carbonyl (C=O) groups is 1. The molecule has 2 amide bonds. The van der Waals surface area contributed by atoms with Crippen molar-refractivity contribution in [2.24, 2.45) is 10.8 Å². The molecular weight excluding hydrogens is 178 g/mol. The van der Waals surface area contributed by atoms with E-state index in [1.54, 1.807) is 6.08 Å². The number of amides is 2. The van der Waals surface area contributed by atoms with Crippen LogP contribution >= 0.6 is 0 Å². The molecule has 0 heterocycles. The average molecular weight is 193 g/mol.